The summed E-state index contributed by atoms with van der Waals surface area (Å²) in [5.41, 5.74) is 3.31. The molecule has 0 spiro atoms. The first kappa shape index (κ1) is 13.1. The fourth-order valence-electron chi connectivity index (χ4n) is 1.86. The number of rotatable bonds is 1. The zero-order chi connectivity index (χ0) is 13.6. The molecule has 0 unspecified atom stereocenters. The van der Waals surface area contributed by atoms with Gasteiger partial charge in [-0.25, -0.2) is 0 Å². The van der Waals surface area contributed by atoms with E-state index in [0.29, 0.717) is 5.69 Å². The van der Waals surface area contributed by atoms with Gasteiger partial charge in [0.15, 0.2) is 5.75 Å². The zero-order valence-corrected chi connectivity index (χ0v) is 14.2. The largest absolute Gasteiger partial charge is 0.505 e. The lowest BCUT2D eigenvalue weighted by molar-refractivity contribution is 0.464. The SMILES string of the molecule is Cc1cc(I)c(O)c(-n2nc3ccc(I)cc3n2)c1. The van der Waals surface area contributed by atoms with Crippen LogP contribution in [0.15, 0.2) is 30.3 Å². The average Bonchev–Trinajstić information content (AvgIpc) is 2.76. The van der Waals surface area contributed by atoms with Crippen LogP contribution in [0.2, 0.25) is 0 Å². The number of aryl methyl sites for hydroxylation is 1. The minimum absolute atomic E-state index is 0.209. The van der Waals surface area contributed by atoms with Crippen LogP contribution in [-0.2, 0) is 0 Å². The van der Waals surface area contributed by atoms with E-state index in [2.05, 4.69) is 55.4 Å². The summed E-state index contributed by atoms with van der Waals surface area (Å²) in [6, 6.07) is 9.68. The number of halogens is 2. The summed E-state index contributed by atoms with van der Waals surface area (Å²) in [7, 11) is 0. The fraction of sp³-hybridized carbons (Fsp3) is 0.0769. The summed E-state index contributed by atoms with van der Waals surface area (Å²) in [4.78, 5) is 1.49. The Hall–Kier alpha value is -0.900. The Bertz CT molecular complexity index is 783. The number of hydrogen-bond donors (Lipinski definition) is 1. The highest BCUT2D eigenvalue weighted by molar-refractivity contribution is 14.1. The molecule has 1 N–H and O–H groups in total. The molecule has 1 aromatic heterocycles. The minimum Gasteiger partial charge on any atom is -0.505 e. The molecule has 4 nitrogen and oxygen atoms in total. The maximum absolute atomic E-state index is 10.1. The molecule has 0 atom stereocenters. The van der Waals surface area contributed by atoms with E-state index in [9.17, 15) is 5.11 Å². The van der Waals surface area contributed by atoms with E-state index in [1.807, 2.05) is 37.3 Å². The number of aromatic nitrogens is 3. The summed E-state index contributed by atoms with van der Waals surface area (Å²) < 4.78 is 1.91. The molecule has 0 saturated carbocycles. The molecule has 0 amide bonds. The van der Waals surface area contributed by atoms with Crippen molar-refractivity contribution < 1.29 is 5.11 Å². The molecule has 0 saturated heterocycles. The Morgan fingerprint density at radius 1 is 1.05 bits per heavy atom. The first-order valence-corrected chi connectivity index (χ1v) is 7.72. The Morgan fingerprint density at radius 2 is 1.79 bits per heavy atom. The standard InChI is InChI=1S/C13H9I2N3O/c1-7-4-9(15)13(19)12(5-7)18-16-10-3-2-8(14)6-11(10)17-18/h2-6,19H,1H3. The van der Waals surface area contributed by atoms with Gasteiger partial charge < -0.3 is 5.11 Å². The molecule has 0 bridgehead atoms. The number of phenolic OH excluding ortho intramolecular Hbond substituents is 1. The molecule has 1 heterocycles. The number of phenols is 1. The van der Waals surface area contributed by atoms with Crippen LogP contribution < -0.4 is 0 Å². The first-order chi connectivity index (χ1) is 9.04. The minimum atomic E-state index is 0.209. The lowest BCUT2D eigenvalue weighted by atomic mass is 10.2. The maximum Gasteiger partial charge on any atom is 0.156 e. The third-order valence-corrected chi connectivity index (χ3v) is 4.24. The highest BCUT2D eigenvalue weighted by atomic mass is 127. The van der Waals surface area contributed by atoms with Gasteiger partial charge in [0.2, 0.25) is 0 Å². The molecule has 96 valence electrons. The third kappa shape index (κ3) is 2.42. The van der Waals surface area contributed by atoms with Gasteiger partial charge in [-0.2, -0.15) is 0 Å². The molecule has 3 aromatic rings. The van der Waals surface area contributed by atoms with Gasteiger partial charge in [-0.05, 0) is 88.0 Å². The highest BCUT2D eigenvalue weighted by Crippen LogP contribution is 2.29. The lowest BCUT2D eigenvalue weighted by Gasteiger charge is -2.06. The van der Waals surface area contributed by atoms with Crippen molar-refractivity contribution in [2.24, 2.45) is 0 Å². The van der Waals surface area contributed by atoms with Crippen LogP contribution in [-0.4, -0.2) is 20.1 Å². The molecule has 2 aromatic carbocycles. The quantitative estimate of drug-likeness (QED) is 0.545. The van der Waals surface area contributed by atoms with Gasteiger partial charge in [-0.3, -0.25) is 0 Å². The first-order valence-electron chi connectivity index (χ1n) is 5.57. The van der Waals surface area contributed by atoms with Crippen molar-refractivity contribution in [3.05, 3.63) is 43.0 Å². The van der Waals surface area contributed by atoms with Gasteiger partial charge in [-0.15, -0.1) is 15.0 Å². The molecule has 0 aliphatic heterocycles. The van der Waals surface area contributed by atoms with Crippen molar-refractivity contribution >= 4 is 56.2 Å². The normalized spacial score (nSPS) is 11.1. The summed E-state index contributed by atoms with van der Waals surface area (Å²) in [6.45, 7) is 1.98. The predicted octanol–water partition coefficient (Wildman–Crippen LogP) is 3.64. The lowest BCUT2D eigenvalue weighted by Crippen LogP contribution is -2.00. The van der Waals surface area contributed by atoms with Crippen molar-refractivity contribution in [1.82, 2.24) is 15.0 Å². The van der Waals surface area contributed by atoms with Crippen LogP contribution in [0, 0.1) is 14.1 Å². The van der Waals surface area contributed by atoms with Gasteiger partial charge in [0.1, 0.15) is 16.7 Å². The van der Waals surface area contributed by atoms with Gasteiger partial charge in [0.05, 0.1) is 3.57 Å². The average molecular weight is 477 g/mol. The topological polar surface area (TPSA) is 50.9 Å². The smallest absolute Gasteiger partial charge is 0.156 e. The third-order valence-electron chi connectivity index (χ3n) is 2.75. The van der Waals surface area contributed by atoms with E-state index in [0.717, 1.165) is 23.7 Å². The second-order valence-corrected chi connectivity index (χ2v) is 6.64. The van der Waals surface area contributed by atoms with Gasteiger partial charge >= 0.3 is 0 Å². The second kappa shape index (κ2) is 4.89. The van der Waals surface area contributed by atoms with Crippen LogP contribution in [0.3, 0.4) is 0 Å². The summed E-state index contributed by atoms with van der Waals surface area (Å²) in [6.07, 6.45) is 0. The van der Waals surface area contributed by atoms with Crippen molar-refractivity contribution in [2.45, 2.75) is 6.92 Å². The van der Waals surface area contributed by atoms with Gasteiger partial charge in [0, 0.05) is 3.57 Å². The van der Waals surface area contributed by atoms with E-state index >= 15 is 0 Å². The second-order valence-electron chi connectivity index (χ2n) is 4.24. The van der Waals surface area contributed by atoms with Crippen molar-refractivity contribution in [3.8, 4) is 11.4 Å². The number of benzene rings is 2. The Labute approximate surface area is 137 Å². The van der Waals surface area contributed by atoms with Crippen LogP contribution in [0.5, 0.6) is 5.75 Å². The molecule has 19 heavy (non-hydrogen) atoms. The predicted molar refractivity (Wildman–Crippen MR) is 90.7 cm³/mol. The fourth-order valence-corrected chi connectivity index (χ4v) is 3.11. The van der Waals surface area contributed by atoms with E-state index in [4.69, 9.17) is 0 Å². The van der Waals surface area contributed by atoms with E-state index in [1.54, 1.807) is 0 Å². The van der Waals surface area contributed by atoms with Gasteiger partial charge in [0.25, 0.3) is 0 Å². The van der Waals surface area contributed by atoms with Crippen molar-refractivity contribution in [3.63, 3.8) is 0 Å². The van der Waals surface area contributed by atoms with E-state index < -0.39 is 0 Å². The highest BCUT2D eigenvalue weighted by Gasteiger charge is 2.12. The number of fused-ring (bicyclic) bond motifs is 1. The van der Waals surface area contributed by atoms with Crippen LogP contribution in [0.25, 0.3) is 16.7 Å². The zero-order valence-electron chi connectivity index (χ0n) is 9.93. The molecule has 0 aliphatic rings. The summed E-state index contributed by atoms with van der Waals surface area (Å²) >= 11 is 4.35. The van der Waals surface area contributed by atoms with E-state index in [1.165, 1.54) is 4.80 Å². The molecule has 0 radical (unpaired) electrons. The molecular formula is C13H9I2N3O. The molecule has 6 heteroatoms. The Balaban J connectivity index is 2.24. The number of hydrogen-bond acceptors (Lipinski definition) is 3. The van der Waals surface area contributed by atoms with E-state index in [-0.39, 0.29) is 5.75 Å². The number of nitrogens with zero attached hydrogens (tertiary/aromatic N) is 3. The van der Waals surface area contributed by atoms with Crippen LogP contribution in [0.4, 0.5) is 0 Å². The van der Waals surface area contributed by atoms with Crippen molar-refractivity contribution in [1.29, 1.82) is 0 Å². The molecule has 0 fully saturated rings. The van der Waals surface area contributed by atoms with Crippen molar-refractivity contribution in [2.75, 3.05) is 0 Å². The van der Waals surface area contributed by atoms with Crippen LogP contribution in [0.1, 0.15) is 5.56 Å². The molecule has 3 rings (SSSR count). The molecular weight excluding hydrogens is 468 g/mol. The maximum atomic E-state index is 10.1. The summed E-state index contributed by atoms with van der Waals surface area (Å²) in [5.74, 6) is 0.209. The number of aromatic hydroxyl groups is 1. The Kier molecular flexibility index (Phi) is 3.37. The van der Waals surface area contributed by atoms with Gasteiger partial charge in [-0.1, -0.05) is 0 Å². The molecule has 0 aliphatic carbocycles. The summed E-state index contributed by atoms with van der Waals surface area (Å²) in [5, 5.41) is 19.0. The Morgan fingerprint density at radius 3 is 2.58 bits per heavy atom. The van der Waals surface area contributed by atoms with Crippen LogP contribution >= 0.6 is 45.2 Å². The monoisotopic (exact) mass is 477 g/mol.